The van der Waals surface area contributed by atoms with E-state index < -0.39 is 0 Å². The van der Waals surface area contributed by atoms with E-state index in [-0.39, 0.29) is 17.7 Å². The van der Waals surface area contributed by atoms with Crippen molar-refractivity contribution in [2.45, 2.75) is 19.3 Å². The molecule has 1 aromatic carbocycles. The van der Waals surface area contributed by atoms with E-state index in [1.54, 1.807) is 10.4 Å². The fourth-order valence-electron chi connectivity index (χ4n) is 2.70. The molecule has 0 unspecified atom stereocenters. The Morgan fingerprint density at radius 1 is 1.38 bits per heavy atom. The fraction of sp³-hybridized carbons (Fsp3) is 0.267. The lowest BCUT2D eigenvalue weighted by molar-refractivity contribution is -0.119. The maximum Gasteiger partial charge on any atom is 0.270 e. The van der Waals surface area contributed by atoms with Crippen molar-refractivity contribution in [3.63, 3.8) is 0 Å². The Morgan fingerprint density at radius 3 is 2.81 bits per heavy atom. The number of fused-ring (bicyclic) bond motifs is 1. The summed E-state index contributed by atoms with van der Waals surface area (Å²) in [4.78, 5) is 30.8. The number of primary amides is 1. The summed E-state index contributed by atoms with van der Waals surface area (Å²) in [6, 6.07) is 7.45. The number of nitrogens with two attached hydrogens (primary N) is 1. The van der Waals surface area contributed by atoms with E-state index in [0.717, 1.165) is 16.9 Å². The number of rotatable bonds is 2. The molecule has 2 aromatic rings. The van der Waals surface area contributed by atoms with Gasteiger partial charge in [0.05, 0.1) is 17.1 Å². The molecule has 0 saturated carbocycles. The van der Waals surface area contributed by atoms with Gasteiger partial charge < -0.3 is 10.6 Å². The molecule has 3 rings (SSSR count). The molecule has 1 atom stereocenters. The molecule has 1 aliphatic rings. The summed E-state index contributed by atoms with van der Waals surface area (Å²) < 4.78 is 0. The van der Waals surface area contributed by atoms with Crippen LogP contribution in [-0.4, -0.2) is 23.3 Å². The maximum absolute atomic E-state index is 12.7. The number of nitrogens with zero attached hydrogens (tertiary/aromatic N) is 2. The van der Waals surface area contributed by atoms with Gasteiger partial charge in [-0.1, -0.05) is 18.2 Å². The van der Waals surface area contributed by atoms with Crippen LogP contribution in [0, 0.1) is 6.92 Å². The Morgan fingerprint density at radius 2 is 2.14 bits per heavy atom. The van der Waals surface area contributed by atoms with Gasteiger partial charge in [0.1, 0.15) is 4.88 Å². The molecule has 2 heterocycles. The van der Waals surface area contributed by atoms with Crippen LogP contribution in [0.25, 0.3) is 0 Å². The van der Waals surface area contributed by atoms with Gasteiger partial charge in [0.25, 0.3) is 5.91 Å². The molecule has 0 radical (unpaired) electrons. The molecule has 0 aliphatic carbocycles. The monoisotopic (exact) mass is 301 g/mol. The third kappa shape index (κ3) is 2.31. The zero-order valence-corrected chi connectivity index (χ0v) is 12.4. The molecule has 5 nitrogen and oxygen atoms in total. The maximum atomic E-state index is 12.7. The Balaban J connectivity index is 2.02. The average Bonchev–Trinajstić information content (AvgIpc) is 2.91. The van der Waals surface area contributed by atoms with Crippen LogP contribution < -0.4 is 10.6 Å². The van der Waals surface area contributed by atoms with E-state index in [2.05, 4.69) is 4.98 Å². The van der Waals surface area contributed by atoms with Crippen LogP contribution in [0.1, 0.15) is 33.3 Å². The van der Waals surface area contributed by atoms with Gasteiger partial charge in [0, 0.05) is 12.2 Å². The van der Waals surface area contributed by atoms with Gasteiger partial charge in [0.15, 0.2) is 0 Å². The van der Waals surface area contributed by atoms with Crippen molar-refractivity contribution in [2.24, 2.45) is 5.73 Å². The standard InChI is InChI=1S/C15H15N3O2S/c1-9-13(21-8-17-9)15(20)18-7-6-11(14(16)19)10-4-2-3-5-12(10)18/h2-5,8,11H,6-7H2,1H3,(H2,16,19)/t11-/m0/s1. The summed E-state index contributed by atoms with van der Waals surface area (Å²) in [5, 5.41) is 0. The summed E-state index contributed by atoms with van der Waals surface area (Å²) in [5.41, 5.74) is 9.47. The highest BCUT2D eigenvalue weighted by atomic mass is 32.1. The minimum absolute atomic E-state index is 0.0645. The first-order valence-corrected chi connectivity index (χ1v) is 7.57. The molecule has 108 valence electrons. The smallest absolute Gasteiger partial charge is 0.270 e. The number of aryl methyl sites for hydroxylation is 1. The first kappa shape index (κ1) is 13.8. The van der Waals surface area contributed by atoms with Gasteiger partial charge >= 0.3 is 0 Å². The second-order valence-electron chi connectivity index (χ2n) is 5.03. The van der Waals surface area contributed by atoms with Crippen molar-refractivity contribution in [3.8, 4) is 0 Å². The lowest BCUT2D eigenvalue weighted by Gasteiger charge is -2.32. The summed E-state index contributed by atoms with van der Waals surface area (Å²) in [6.07, 6.45) is 0.552. The van der Waals surface area contributed by atoms with Crippen LogP contribution in [-0.2, 0) is 4.79 Å². The van der Waals surface area contributed by atoms with Crippen LogP contribution in [0.5, 0.6) is 0 Å². The highest BCUT2D eigenvalue weighted by Crippen LogP contribution is 2.36. The number of carbonyl (C=O) groups excluding carboxylic acids is 2. The Hall–Kier alpha value is -2.21. The van der Waals surface area contributed by atoms with E-state index in [0.29, 0.717) is 17.8 Å². The molecular formula is C15H15N3O2S. The van der Waals surface area contributed by atoms with Crippen molar-refractivity contribution in [1.29, 1.82) is 0 Å². The minimum atomic E-state index is -0.344. The van der Waals surface area contributed by atoms with Gasteiger partial charge in [-0.2, -0.15) is 0 Å². The summed E-state index contributed by atoms with van der Waals surface area (Å²) in [5.74, 6) is -0.735. The van der Waals surface area contributed by atoms with E-state index >= 15 is 0 Å². The van der Waals surface area contributed by atoms with Crippen LogP contribution in [0.3, 0.4) is 0 Å². The normalized spacial score (nSPS) is 17.4. The molecule has 0 fully saturated rings. The van der Waals surface area contributed by atoms with Crippen molar-refractivity contribution in [3.05, 3.63) is 45.9 Å². The second-order valence-corrected chi connectivity index (χ2v) is 5.88. The third-order valence-electron chi connectivity index (χ3n) is 3.77. The quantitative estimate of drug-likeness (QED) is 0.922. The summed E-state index contributed by atoms with van der Waals surface area (Å²) in [6.45, 7) is 2.31. The zero-order chi connectivity index (χ0) is 15.0. The fourth-order valence-corrected chi connectivity index (χ4v) is 3.45. The average molecular weight is 301 g/mol. The largest absolute Gasteiger partial charge is 0.369 e. The number of anilines is 1. The van der Waals surface area contributed by atoms with E-state index in [4.69, 9.17) is 5.73 Å². The lowest BCUT2D eigenvalue weighted by Crippen LogP contribution is -2.39. The van der Waals surface area contributed by atoms with Gasteiger partial charge in [0.2, 0.25) is 5.91 Å². The summed E-state index contributed by atoms with van der Waals surface area (Å²) >= 11 is 1.34. The molecule has 2 amide bonds. The van der Waals surface area contributed by atoms with Crippen molar-refractivity contribution < 1.29 is 9.59 Å². The number of hydrogen-bond acceptors (Lipinski definition) is 4. The minimum Gasteiger partial charge on any atom is -0.369 e. The molecule has 1 aliphatic heterocycles. The zero-order valence-electron chi connectivity index (χ0n) is 11.6. The van der Waals surface area contributed by atoms with Gasteiger partial charge in [-0.05, 0) is 25.0 Å². The van der Waals surface area contributed by atoms with Crippen molar-refractivity contribution in [2.75, 3.05) is 11.4 Å². The third-order valence-corrected chi connectivity index (χ3v) is 4.69. The van der Waals surface area contributed by atoms with E-state index in [1.165, 1.54) is 11.3 Å². The SMILES string of the molecule is Cc1ncsc1C(=O)N1CC[C@H](C(N)=O)c2ccccc21. The number of aromatic nitrogens is 1. The molecule has 0 spiro atoms. The van der Waals surface area contributed by atoms with Gasteiger partial charge in [-0.15, -0.1) is 11.3 Å². The van der Waals surface area contributed by atoms with Crippen LogP contribution in [0.2, 0.25) is 0 Å². The second kappa shape index (κ2) is 5.29. The number of hydrogen-bond donors (Lipinski definition) is 1. The molecule has 0 saturated heterocycles. The summed E-state index contributed by atoms with van der Waals surface area (Å²) in [7, 11) is 0. The first-order chi connectivity index (χ1) is 10.1. The predicted octanol–water partition coefficient (Wildman–Crippen LogP) is 2.07. The molecule has 1 aromatic heterocycles. The molecule has 6 heteroatoms. The van der Waals surface area contributed by atoms with Crippen LogP contribution >= 0.6 is 11.3 Å². The predicted molar refractivity (Wildman–Crippen MR) is 81.5 cm³/mol. The molecule has 2 N–H and O–H groups in total. The number of thiazole rings is 1. The van der Waals surface area contributed by atoms with Crippen molar-refractivity contribution in [1.82, 2.24) is 4.98 Å². The number of carbonyl (C=O) groups is 2. The topological polar surface area (TPSA) is 76.3 Å². The highest BCUT2D eigenvalue weighted by molar-refractivity contribution is 7.12. The first-order valence-electron chi connectivity index (χ1n) is 6.69. The number of benzene rings is 1. The van der Waals surface area contributed by atoms with Gasteiger partial charge in [-0.3, -0.25) is 9.59 Å². The Bertz CT molecular complexity index is 710. The Labute approximate surface area is 126 Å². The lowest BCUT2D eigenvalue weighted by atomic mass is 9.89. The Kier molecular flexibility index (Phi) is 3.47. The molecule has 0 bridgehead atoms. The number of para-hydroxylation sites is 1. The van der Waals surface area contributed by atoms with Gasteiger partial charge in [-0.25, -0.2) is 4.98 Å². The highest BCUT2D eigenvalue weighted by Gasteiger charge is 2.32. The van der Waals surface area contributed by atoms with Crippen LogP contribution in [0.4, 0.5) is 5.69 Å². The molecular weight excluding hydrogens is 286 g/mol. The number of amides is 2. The molecule has 21 heavy (non-hydrogen) atoms. The van der Waals surface area contributed by atoms with E-state index in [1.807, 2.05) is 31.2 Å². The van der Waals surface area contributed by atoms with Crippen LogP contribution in [0.15, 0.2) is 29.8 Å². The van der Waals surface area contributed by atoms with Crippen molar-refractivity contribution >= 4 is 28.8 Å². The van der Waals surface area contributed by atoms with E-state index in [9.17, 15) is 9.59 Å².